The lowest BCUT2D eigenvalue weighted by Crippen LogP contribution is -2.48. The van der Waals surface area contributed by atoms with Crippen LogP contribution in [0.3, 0.4) is 0 Å². The molecule has 2 heterocycles. The maximum Gasteiger partial charge on any atom is 0.274 e. The Bertz CT molecular complexity index is 756. The van der Waals surface area contributed by atoms with E-state index in [9.17, 15) is 4.79 Å². The van der Waals surface area contributed by atoms with Crippen LogP contribution in [0.25, 0.3) is 0 Å². The van der Waals surface area contributed by atoms with E-state index in [1.165, 1.54) is 16.7 Å². The molecule has 26 heavy (non-hydrogen) atoms. The first-order valence-electron chi connectivity index (χ1n) is 9.18. The molecule has 1 aromatic heterocycles. The van der Waals surface area contributed by atoms with Gasteiger partial charge in [0, 0.05) is 31.9 Å². The molecule has 1 aliphatic heterocycles. The van der Waals surface area contributed by atoms with E-state index in [2.05, 4.69) is 60.2 Å². The van der Waals surface area contributed by atoms with Crippen molar-refractivity contribution in [2.45, 2.75) is 27.7 Å². The van der Waals surface area contributed by atoms with Crippen LogP contribution in [0.4, 0.5) is 11.5 Å². The van der Waals surface area contributed by atoms with E-state index in [0.717, 1.165) is 38.4 Å². The molecule has 0 saturated carbocycles. The topological polar surface area (TPSA) is 61.4 Å². The fourth-order valence-electron chi connectivity index (χ4n) is 3.45. The van der Waals surface area contributed by atoms with E-state index in [-0.39, 0.29) is 5.91 Å². The second-order valence-electron chi connectivity index (χ2n) is 6.93. The molecule has 1 saturated heterocycles. The lowest BCUT2D eigenvalue weighted by molar-refractivity contribution is 0.0636. The number of rotatable bonds is 4. The van der Waals surface area contributed by atoms with Gasteiger partial charge in [0.25, 0.3) is 5.91 Å². The van der Waals surface area contributed by atoms with Gasteiger partial charge in [-0.2, -0.15) is 0 Å². The summed E-state index contributed by atoms with van der Waals surface area (Å²) in [6, 6.07) is 7.84. The number of nitrogens with one attached hydrogen (secondary N) is 1. The van der Waals surface area contributed by atoms with E-state index in [1.807, 2.05) is 11.0 Å². The first-order chi connectivity index (χ1) is 12.5. The van der Waals surface area contributed by atoms with Gasteiger partial charge in [0.15, 0.2) is 11.5 Å². The Labute approximate surface area is 155 Å². The van der Waals surface area contributed by atoms with Gasteiger partial charge in [-0.25, -0.2) is 0 Å². The second-order valence-corrected chi connectivity index (χ2v) is 6.93. The number of carbonyl (C=O) groups excluding carboxylic acids is 1. The van der Waals surface area contributed by atoms with Crippen molar-refractivity contribution in [3.8, 4) is 0 Å². The van der Waals surface area contributed by atoms with Crippen LogP contribution < -0.4 is 5.32 Å². The van der Waals surface area contributed by atoms with Crippen LogP contribution >= 0.6 is 0 Å². The Hall–Kier alpha value is -2.47. The van der Waals surface area contributed by atoms with Gasteiger partial charge in [-0.05, 0) is 50.6 Å². The molecule has 1 fully saturated rings. The maximum atomic E-state index is 12.6. The number of carbonyl (C=O) groups is 1. The summed E-state index contributed by atoms with van der Waals surface area (Å²) < 4.78 is 0. The molecule has 6 nitrogen and oxygen atoms in total. The van der Waals surface area contributed by atoms with E-state index >= 15 is 0 Å². The molecule has 1 aliphatic rings. The number of benzene rings is 1. The van der Waals surface area contributed by atoms with Gasteiger partial charge in [0.05, 0.1) is 0 Å². The molecule has 0 unspecified atom stereocenters. The predicted octanol–water partition coefficient (Wildman–Crippen LogP) is 2.92. The van der Waals surface area contributed by atoms with Crippen molar-refractivity contribution in [3.05, 3.63) is 46.6 Å². The molecule has 1 N–H and O–H groups in total. The van der Waals surface area contributed by atoms with Crippen LogP contribution in [0.1, 0.15) is 34.1 Å². The highest BCUT2D eigenvalue weighted by Crippen LogP contribution is 2.24. The average Bonchev–Trinajstić information content (AvgIpc) is 2.64. The summed E-state index contributed by atoms with van der Waals surface area (Å²) in [7, 11) is 0. The van der Waals surface area contributed by atoms with Gasteiger partial charge >= 0.3 is 0 Å². The van der Waals surface area contributed by atoms with Crippen LogP contribution in [0, 0.1) is 20.8 Å². The van der Waals surface area contributed by atoms with E-state index in [1.54, 1.807) is 6.07 Å². The minimum Gasteiger partial charge on any atom is -0.338 e. The smallest absolute Gasteiger partial charge is 0.274 e. The molecule has 0 bridgehead atoms. The highest BCUT2D eigenvalue weighted by Gasteiger charge is 2.22. The molecule has 1 amide bonds. The number of piperazine rings is 1. The van der Waals surface area contributed by atoms with Crippen LogP contribution in [-0.4, -0.2) is 58.6 Å². The van der Waals surface area contributed by atoms with Gasteiger partial charge in [-0.15, -0.1) is 10.2 Å². The monoisotopic (exact) mass is 353 g/mol. The molecule has 0 atom stereocenters. The third-order valence-corrected chi connectivity index (χ3v) is 4.92. The molecule has 2 aromatic rings. The zero-order valence-electron chi connectivity index (χ0n) is 16.0. The molecule has 0 radical (unpaired) electrons. The highest BCUT2D eigenvalue weighted by atomic mass is 16.2. The lowest BCUT2D eigenvalue weighted by atomic mass is 10.1. The summed E-state index contributed by atoms with van der Waals surface area (Å²) in [6.45, 7) is 12.7. The summed E-state index contributed by atoms with van der Waals surface area (Å²) in [4.78, 5) is 16.8. The number of nitrogens with zero attached hydrogens (tertiary/aromatic N) is 4. The van der Waals surface area contributed by atoms with Crippen molar-refractivity contribution < 1.29 is 4.79 Å². The fourth-order valence-corrected chi connectivity index (χ4v) is 3.45. The maximum absolute atomic E-state index is 12.6. The van der Waals surface area contributed by atoms with Gasteiger partial charge in [-0.3, -0.25) is 4.79 Å². The summed E-state index contributed by atoms with van der Waals surface area (Å²) in [5.41, 5.74) is 5.01. The van der Waals surface area contributed by atoms with Crippen molar-refractivity contribution in [1.29, 1.82) is 0 Å². The molecular formula is C20H27N5O. The van der Waals surface area contributed by atoms with Crippen LogP contribution in [-0.2, 0) is 0 Å². The minimum atomic E-state index is -0.0394. The van der Waals surface area contributed by atoms with Gasteiger partial charge in [0.1, 0.15) is 0 Å². The molecule has 0 aliphatic carbocycles. The van der Waals surface area contributed by atoms with Crippen molar-refractivity contribution in [2.75, 3.05) is 38.0 Å². The molecule has 6 heteroatoms. The number of hydrogen-bond donors (Lipinski definition) is 1. The van der Waals surface area contributed by atoms with Crippen molar-refractivity contribution in [1.82, 2.24) is 20.0 Å². The van der Waals surface area contributed by atoms with Gasteiger partial charge in [0.2, 0.25) is 0 Å². The Morgan fingerprint density at radius 1 is 1.04 bits per heavy atom. The van der Waals surface area contributed by atoms with E-state index in [4.69, 9.17) is 0 Å². The summed E-state index contributed by atoms with van der Waals surface area (Å²) >= 11 is 0. The average molecular weight is 353 g/mol. The van der Waals surface area contributed by atoms with Crippen molar-refractivity contribution in [3.63, 3.8) is 0 Å². The minimum absolute atomic E-state index is 0.0394. The first-order valence-corrected chi connectivity index (χ1v) is 9.18. The lowest BCUT2D eigenvalue weighted by Gasteiger charge is -2.33. The highest BCUT2D eigenvalue weighted by molar-refractivity contribution is 5.92. The third-order valence-electron chi connectivity index (χ3n) is 4.92. The summed E-state index contributed by atoms with van der Waals surface area (Å²) in [6.07, 6.45) is 0. The number of likely N-dealkylation sites (N-methyl/N-ethyl adjacent to an activating group) is 1. The van der Waals surface area contributed by atoms with E-state index < -0.39 is 0 Å². The van der Waals surface area contributed by atoms with Crippen LogP contribution in [0.5, 0.6) is 0 Å². The van der Waals surface area contributed by atoms with E-state index in [0.29, 0.717) is 11.5 Å². The molecule has 0 spiro atoms. The summed E-state index contributed by atoms with van der Waals surface area (Å²) in [5.74, 6) is 0.606. The standard InChI is InChI=1S/C20H27N5O/c1-5-24-8-10-25(11-9-24)20(26)17-6-7-18(23-22-17)21-19-15(3)12-14(2)13-16(19)4/h6-7,12-13H,5,8-11H2,1-4H3,(H,21,23). The van der Waals surface area contributed by atoms with Crippen molar-refractivity contribution in [2.24, 2.45) is 0 Å². The molecular weight excluding hydrogens is 326 g/mol. The van der Waals surface area contributed by atoms with Crippen LogP contribution in [0.15, 0.2) is 24.3 Å². The predicted molar refractivity (Wildman–Crippen MR) is 104 cm³/mol. The van der Waals surface area contributed by atoms with Gasteiger partial charge in [-0.1, -0.05) is 24.6 Å². The quantitative estimate of drug-likeness (QED) is 0.916. The zero-order chi connectivity index (χ0) is 18.7. The second kappa shape index (κ2) is 7.83. The number of aryl methyl sites for hydroxylation is 3. The Morgan fingerprint density at radius 3 is 2.23 bits per heavy atom. The zero-order valence-corrected chi connectivity index (χ0v) is 16.0. The fraction of sp³-hybridized carbons (Fsp3) is 0.450. The first kappa shape index (κ1) is 18.3. The number of aromatic nitrogens is 2. The molecule has 138 valence electrons. The number of anilines is 2. The van der Waals surface area contributed by atoms with Crippen LogP contribution in [0.2, 0.25) is 0 Å². The van der Waals surface area contributed by atoms with Crippen molar-refractivity contribution >= 4 is 17.4 Å². The number of amides is 1. The Balaban J connectivity index is 1.68. The third kappa shape index (κ3) is 4.02. The largest absolute Gasteiger partial charge is 0.338 e. The van der Waals surface area contributed by atoms with Gasteiger partial charge < -0.3 is 15.1 Å². The Kier molecular flexibility index (Phi) is 5.52. The summed E-state index contributed by atoms with van der Waals surface area (Å²) in [5, 5.41) is 11.7. The Morgan fingerprint density at radius 2 is 1.69 bits per heavy atom. The SMILES string of the molecule is CCN1CCN(C(=O)c2ccc(Nc3c(C)cc(C)cc3C)nn2)CC1. The molecule has 3 rings (SSSR count). The molecule has 1 aromatic carbocycles. The number of hydrogen-bond acceptors (Lipinski definition) is 5. The normalized spacial score (nSPS) is 15.2.